The van der Waals surface area contributed by atoms with Crippen LogP contribution in [-0.4, -0.2) is 44.8 Å². The van der Waals surface area contributed by atoms with Crippen LogP contribution in [0.25, 0.3) is 0 Å². The van der Waals surface area contributed by atoms with Crippen molar-refractivity contribution in [2.24, 2.45) is 33.8 Å². The largest absolute Gasteiger partial charge is 0.457 e. The molecule has 3 fully saturated rings. The van der Waals surface area contributed by atoms with Crippen molar-refractivity contribution in [3.63, 3.8) is 0 Å². The molecule has 1 aromatic carbocycles. The van der Waals surface area contributed by atoms with Gasteiger partial charge in [0.2, 0.25) is 0 Å². The van der Waals surface area contributed by atoms with E-state index in [0.717, 1.165) is 31.5 Å². The highest BCUT2D eigenvalue weighted by molar-refractivity contribution is 5.90. The predicted molar refractivity (Wildman–Crippen MR) is 165 cm³/mol. The van der Waals surface area contributed by atoms with Crippen molar-refractivity contribution in [1.29, 1.82) is 0 Å². The zero-order valence-corrected chi connectivity index (χ0v) is 26.0. The van der Waals surface area contributed by atoms with E-state index >= 15 is 0 Å². The van der Waals surface area contributed by atoms with Crippen LogP contribution < -0.4 is 4.90 Å². The highest BCUT2D eigenvalue weighted by Gasteiger charge is 2.66. The first-order valence-corrected chi connectivity index (χ1v) is 16.3. The number of halogens is 3. The third-order valence-electron chi connectivity index (χ3n) is 11.7. The van der Waals surface area contributed by atoms with Crippen LogP contribution in [0.15, 0.2) is 52.2 Å². The van der Waals surface area contributed by atoms with Crippen molar-refractivity contribution in [3.05, 3.63) is 57.5 Å². The number of ether oxygens (including phenoxy) is 1. The van der Waals surface area contributed by atoms with Gasteiger partial charge in [-0.05, 0) is 110 Å². The van der Waals surface area contributed by atoms with Gasteiger partial charge in [0.05, 0.1) is 5.41 Å². The number of nitroso groups, excluding NO2 is 1. The average Bonchev–Trinajstić information content (AvgIpc) is 3.32. The average molecular weight is 609 g/mol. The van der Waals surface area contributed by atoms with Gasteiger partial charge >= 0.3 is 6.18 Å². The normalized spacial score (nSPS) is 35.1. The summed E-state index contributed by atoms with van der Waals surface area (Å²) in [6, 6.07) is 8.43. The quantitative estimate of drug-likeness (QED) is 0.242. The fourth-order valence-corrected chi connectivity index (χ4v) is 9.72. The summed E-state index contributed by atoms with van der Waals surface area (Å²) in [7, 11) is 1.41. The number of rotatable bonds is 6. The highest BCUT2D eigenvalue weighted by atomic mass is 19.4. The maximum Gasteiger partial charge on any atom is 0.457 e. The first-order valence-electron chi connectivity index (χ1n) is 16.3. The Labute approximate surface area is 258 Å². The second-order valence-corrected chi connectivity index (χ2v) is 14.0. The molecule has 4 aliphatic carbocycles. The van der Waals surface area contributed by atoms with E-state index in [4.69, 9.17) is 4.74 Å². The van der Waals surface area contributed by atoms with E-state index in [1.165, 1.54) is 48.8 Å². The number of alkyl halides is 3. The number of Topliss-reactive ketones (excluding diaryl/α,β-unsaturated/α-hetero) is 1. The van der Waals surface area contributed by atoms with Crippen LogP contribution in [0.1, 0.15) is 83.1 Å². The van der Waals surface area contributed by atoms with Crippen LogP contribution in [0.4, 0.5) is 18.9 Å². The van der Waals surface area contributed by atoms with E-state index in [2.05, 4.69) is 53.3 Å². The Morgan fingerprint density at radius 1 is 1.14 bits per heavy atom. The van der Waals surface area contributed by atoms with Gasteiger partial charge in [0.15, 0.2) is 5.78 Å². The van der Waals surface area contributed by atoms with E-state index < -0.39 is 17.0 Å². The van der Waals surface area contributed by atoms with E-state index in [1.807, 2.05) is 6.92 Å². The fraction of sp³-hybridized carbons (Fsp3) is 0.639. The summed E-state index contributed by atoms with van der Waals surface area (Å²) in [6.45, 7) is 6.04. The molecule has 1 heterocycles. The molecule has 0 bridgehead atoms. The first kappa shape index (κ1) is 31.1. The molecule has 2 unspecified atom stereocenters. The molecule has 0 radical (unpaired) electrons. The molecule has 1 aliphatic heterocycles. The van der Waals surface area contributed by atoms with Crippen molar-refractivity contribution in [2.45, 2.75) is 89.8 Å². The van der Waals surface area contributed by atoms with Gasteiger partial charge < -0.3 is 9.64 Å². The van der Waals surface area contributed by atoms with Gasteiger partial charge in [-0.3, -0.25) is 4.79 Å². The third-order valence-corrected chi connectivity index (χ3v) is 11.7. The Morgan fingerprint density at radius 2 is 1.86 bits per heavy atom. The van der Waals surface area contributed by atoms with E-state index in [1.54, 1.807) is 5.92 Å². The van der Waals surface area contributed by atoms with E-state index in [0.29, 0.717) is 25.7 Å². The SMILES string of the molecule is COCC(=O)[C@@]1(C#CC(F)(F)F)CC[C@H]2[C@@H]3CC(C)C4=CC(N=O)CCC4=C3[C@@H](c3ccc(N4CCCCC4)cc3)C[C@@]21C. The van der Waals surface area contributed by atoms with Crippen molar-refractivity contribution in [2.75, 3.05) is 31.7 Å². The lowest BCUT2D eigenvalue weighted by molar-refractivity contribution is -0.136. The molecule has 2 saturated carbocycles. The van der Waals surface area contributed by atoms with Gasteiger partial charge in [-0.1, -0.05) is 48.7 Å². The molecular weight excluding hydrogens is 565 g/mol. The summed E-state index contributed by atoms with van der Waals surface area (Å²) in [4.78, 5) is 27.8. The third kappa shape index (κ3) is 5.23. The van der Waals surface area contributed by atoms with E-state index in [9.17, 15) is 22.9 Å². The molecule has 236 valence electrons. The number of nitrogens with zero attached hydrogens (tertiary/aromatic N) is 2. The topological polar surface area (TPSA) is 59.0 Å². The number of fused-ring (bicyclic) bond motifs is 4. The Kier molecular flexibility index (Phi) is 8.32. The minimum absolute atomic E-state index is 0.0168. The Balaban J connectivity index is 1.50. The number of hydrogen-bond donors (Lipinski definition) is 0. The monoisotopic (exact) mass is 608 g/mol. The van der Waals surface area contributed by atoms with Crippen molar-refractivity contribution in [3.8, 4) is 11.8 Å². The molecular formula is C36H43F3N2O3. The number of benzene rings is 1. The lowest BCUT2D eigenvalue weighted by atomic mass is 9.47. The number of methoxy groups -OCH3 is 1. The number of piperidine rings is 1. The number of hydrogen-bond acceptors (Lipinski definition) is 5. The van der Waals surface area contributed by atoms with Crippen LogP contribution >= 0.6 is 0 Å². The predicted octanol–water partition coefficient (Wildman–Crippen LogP) is 8.16. The number of carbonyl (C=O) groups excluding carboxylic acids is 1. The Morgan fingerprint density at radius 3 is 2.52 bits per heavy atom. The standard InChI is InChI=1S/C36H43F3N2O3/c1-23-19-29-31-13-14-35(32(42)22-44-3,15-16-36(37,38)39)34(31,2)21-30(33(29)27-12-9-25(40-43)20-28(23)27)24-7-10-26(11-8-24)41-17-5-4-6-18-41/h7-8,10-11,20,23,25,29-31H,4-6,9,12-14,17-19,21-22H2,1-3H3/t23?,25?,29-,30+,31-,34-,35-/m0/s1. The molecule has 5 aliphatic rings. The summed E-state index contributed by atoms with van der Waals surface area (Å²) < 4.78 is 46.1. The van der Waals surface area contributed by atoms with Crippen LogP contribution in [0.2, 0.25) is 0 Å². The van der Waals surface area contributed by atoms with Gasteiger partial charge in [0.25, 0.3) is 0 Å². The molecule has 0 aromatic heterocycles. The van der Waals surface area contributed by atoms with E-state index in [-0.39, 0.29) is 42.1 Å². The van der Waals surface area contributed by atoms with Gasteiger partial charge in [0.1, 0.15) is 12.6 Å². The second-order valence-electron chi connectivity index (χ2n) is 14.0. The Hall–Kier alpha value is -2.92. The van der Waals surface area contributed by atoms with Gasteiger partial charge in [-0.15, -0.1) is 0 Å². The lowest BCUT2D eigenvalue weighted by Gasteiger charge is -2.55. The molecule has 7 atom stereocenters. The lowest BCUT2D eigenvalue weighted by Crippen LogP contribution is -2.52. The van der Waals surface area contributed by atoms with Gasteiger partial charge in [0, 0.05) is 37.7 Å². The number of ketones is 1. The zero-order chi connectivity index (χ0) is 31.3. The maximum absolute atomic E-state index is 13.9. The molecule has 0 N–H and O–H groups in total. The smallest absolute Gasteiger partial charge is 0.377 e. The molecule has 44 heavy (non-hydrogen) atoms. The molecule has 0 amide bonds. The summed E-state index contributed by atoms with van der Waals surface area (Å²) in [6.07, 6.45) is 4.74. The summed E-state index contributed by atoms with van der Waals surface area (Å²) in [5.41, 5.74) is 4.00. The van der Waals surface area contributed by atoms with Crippen molar-refractivity contribution >= 4 is 11.5 Å². The van der Waals surface area contributed by atoms with Crippen molar-refractivity contribution < 1.29 is 22.7 Å². The van der Waals surface area contributed by atoms with Crippen LogP contribution in [-0.2, 0) is 9.53 Å². The molecule has 8 heteroatoms. The molecule has 5 nitrogen and oxygen atoms in total. The maximum atomic E-state index is 13.9. The number of anilines is 1. The minimum Gasteiger partial charge on any atom is -0.377 e. The summed E-state index contributed by atoms with van der Waals surface area (Å²) >= 11 is 0. The van der Waals surface area contributed by atoms with Crippen LogP contribution in [0.3, 0.4) is 0 Å². The minimum atomic E-state index is -4.69. The number of carbonyl (C=O) groups is 1. The molecule has 0 spiro atoms. The molecule has 1 saturated heterocycles. The molecule has 6 rings (SSSR count). The fourth-order valence-electron chi connectivity index (χ4n) is 9.72. The first-order chi connectivity index (χ1) is 21.0. The second kappa shape index (κ2) is 11.8. The number of allylic oxidation sites excluding steroid dienone is 3. The summed E-state index contributed by atoms with van der Waals surface area (Å²) in [5.74, 6) is 4.03. The van der Waals surface area contributed by atoms with Crippen LogP contribution in [0.5, 0.6) is 0 Å². The molecule has 1 aromatic rings. The Bertz CT molecular complexity index is 1410. The van der Waals surface area contributed by atoms with Crippen LogP contribution in [0, 0.1) is 45.3 Å². The van der Waals surface area contributed by atoms with Gasteiger partial charge in [-0.2, -0.15) is 18.1 Å². The highest BCUT2D eigenvalue weighted by Crippen LogP contribution is 2.70. The zero-order valence-electron chi connectivity index (χ0n) is 26.0. The van der Waals surface area contributed by atoms with Gasteiger partial charge in [-0.25, -0.2) is 0 Å². The van der Waals surface area contributed by atoms with Crippen molar-refractivity contribution in [1.82, 2.24) is 0 Å². The summed E-state index contributed by atoms with van der Waals surface area (Å²) in [5, 5.41) is 3.36.